The van der Waals surface area contributed by atoms with Gasteiger partial charge in [-0.05, 0) is 49.9 Å². The third-order valence-electron chi connectivity index (χ3n) is 5.52. The van der Waals surface area contributed by atoms with Crippen LogP contribution in [-0.2, 0) is 21.9 Å². The van der Waals surface area contributed by atoms with Crippen molar-refractivity contribution in [3.63, 3.8) is 0 Å². The van der Waals surface area contributed by atoms with Gasteiger partial charge in [0.25, 0.3) is 0 Å². The highest BCUT2D eigenvalue weighted by atomic mass is 35.5. The molecule has 0 saturated carbocycles. The van der Waals surface area contributed by atoms with E-state index in [2.05, 4.69) is 5.32 Å². The van der Waals surface area contributed by atoms with E-state index in [1.165, 1.54) is 17.8 Å². The number of rotatable bonds is 11. The number of hydrogen-bond donors (Lipinski definition) is 1. The number of nitrogens with one attached hydrogen (secondary N) is 1. The minimum atomic E-state index is -0.575. The normalized spacial score (nSPS) is 12.8. The Labute approximate surface area is 199 Å². The van der Waals surface area contributed by atoms with Crippen LogP contribution in [0.25, 0.3) is 0 Å². The first-order valence-electron chi connectivity index (χ1n) is 10.9. The standard InChI is InChI=1S/C25H32ClFN2O2S/c1-5-18(4)28-25(31)23(6-2)29(14-19-11-8-7-10-17(19)3)24(30)16-32-15-20-21(26)12-9-13-22(20)27/h7-13,18,23H,5-6,14-16H2,1-4H3,(H,28,31)/t18-,23-/m0/s1. The maximum atomic E-state index is 14.1. The highest BCUT2D eigenvalue weighted by Gasteiger charge is 2.29. The number of hydrogen-bond acceptors (Lipinski definition) is 3. The molecule has 2 aromatic rings. The lowest BCUT2D eigenvalue weighted by Crippen LogP contribution is -2.51. The first-order chi connectivity index (χ1) is 15.3. The van der Waals surface area contributed by atoms with Gasteiger partial charge in [-0.3, -0.25) is 9.59 Å². The van der Waals surface area contributed by atoms with Gasteiger partial charge in [0.1, 0.15) is 11.9 Å². The number of carbonyl (C=O) groups is 2. The summed E-state index contributed by atoms with van der Waals surface area (Å²) < 4.78 is 14.1. The molecule has 174 valence electrons. The van der Waals surface area contributed by atoms with Gasteiger partial charge in [0.15, 0.2) is 0 Å². The van der Waals surface area contributed by atoms with Gasteiger partial charge >= 0.3 is 0 Å². The number of benzene rings is 2. The van der Waals surface area contributed by atoms with Crippen LogP contribution in [0.5, 0.6) is 0 Å². The Hall–Kier alpha value is -2.05. The van der Waals surface area contributed by atoms with Crippen molar-refractivity contribution in [1.29, 1.82) is 0 Å². The Morgan fingerprint density at radius 1 is 1.12 bits per heavy atom. The largest absolute Gasteiger partial charge is 0.352 e. The number of halogens is 2. The molecule has 32 heavy (non-hydrogen) atoms. The van der Waals surface area contributed by atoms with Crippen LogP contribution in [0, 0.1) is 12.7 Å². The Balaban J connectivity index is 2.19. The molecule has 0 unspecified atom stereocenters. The predicted octanol–water partition coefficient (Wildman–Crippen LogP) is 5.74. The average Bonchev–Trinajstić information content (AvgIpc) is 2.76. The lowest BCUT2D eigenvalue weighted by atomic mass is 10.1. The average molecular weight is 479 g/mol. The molecule has 2 atom stereocenters. The van der Waals surface area contributed by atoms with Gasteiger partial charge in [0.05, 0.1) is 5.75 Å². The van der Waals surface area contributed by atoms with Gasteiger partial charge in [-0.1, -0.05) is 55.8 Å². The number of aryl methyl sites for hydroxylation is 1. The van der Waals surface area contributed by atoms with Gasteiger partial charge in [0.2, 0.25) is 11.8 Å². The van der Waals surface area contributed by atoms with Gasteiger partial charge in [-0.15, -0.1) is 11.8 Å². The Bertz CT molecular complexity index is 904. The van der Waals surface area contributed by atoms with Crippen LogP contribution in [0.15, 0.2) is 42.5 Å². The molecule has 0 aliphatic carbocycles. The highest BCUT2D eigenvalue weighted by molar-refractivity contribution is 7.99. The van der Waals surface area contributed by atoms with Crippen molar-refractivity contribution in [2.45, 2.75) is 64.9 Å². The van der Waals surface area contributed by atoms with E-state index >= 15 is 0 Å². The van der Waals surface area contributed by atoms with Crippen LogP contribution in [0.1, 0.15) is 50.3 Å². The van der Waals surface area contributed by atoms with Crippen molar-refractivity contribution in [2.24, 2.45) is 0 Å². The quantitative estimate of drug-likeness (QED) is 0.447. The van der Waals surface area contributed by atoms with Crippen molar-refractivity contribution in [1.82, 2.24) is 10.2 Å². The van der Waals surface area contributed by atoms with E-state index in [0.29, 0.717) is 23.6 Å². The highest BCUT2D eigenvalue weighted by Crippen LogP contribution is 2.25. The fourth-order valence-electron chi connectivity index (χ4n) is 3.33. The van der Waals surface area contributed by atoms with Crippen LogP contribution in [0.4, 0.5) is 4.39 Å². The van der Waals surface area contributed by atoms with Crippen LogP contribution in [0.3, 0.4) is 0 Å². The second-order valence-corrected chi connectivity index (χ2v) is 9.28. The summed E-state index contributed by atoms with van der Waals surface area (Å²) in [6, 6.07) is 11.9. The van der Waals surface area contributed by atoms with Gasteiger partial charge < -0.3 is 10.2 Å². The monoisotopic (exact) mass is 478 g/mol. The molecule has 0 aliphatic heterocycles. The van der Waals surface area contributed by atoms with E-state index in [1.54, 1.807) is 17.0 Å². The zero-order chi connectivity index (χ0) is 23.7. The van der Waals surface area contributed by atoms with E-state index in [1.807, 2.05) is 52.0 Å². The van der Waals surface area contributed by atoms with Crippen LogP contribution in [0.2, 0.25) is 5.02 Å². The van der Waals surface area contributed by atoms with Gasteiger partial charge in [-0.2, -0.15) is 0 Å². The maximum absolute atomic E-state index is 14.1. The van der Waals surface area contributed by atoms with Crippen molar-refractivity contribution < 1.29 is 14.0 Å². The minimum absolute atomic E-state index is 0.0320. The van der Waals surface area contributed by atoms with Crippen molar-refractivity contribution in [3.8, 4) is 0 Å². The predicted molar refractivity (Wildman–Crippen MR) is 131 cm³/mol. The molecule has 2 amide bonds. The summed E-state index contributed by atoms with van der Waals surface area (Å²) in [7, 11) is 0. The molecule has 2 aromatic carbocycles. The molecule has 0 fully saturated rings. The summed E-state index contributed by atoms with van der Waals surface area (Å²) in [6.45, 7) is 8.20. The van der Waals surface area contributed by atoms with Crippen molar-refractivity contribution >= 4 is 35.2 Å². The Morgan fingerprint density at radius 2 is 1.84 bits per heavy atom. The number of carbonyl (C=O) groups excluding carboxylic acids is 2. The molecule has 0 aliphatic rings. The minimum Gasteiger partial charge on any atom is -0.352 e. The van der Waals surface area contributed by atoms with Crippen LogP contribution in [-0.4, -0.2) is 34.6 Å². The maximum Gasteiger partial charge on any atom is 0.243 e. The zero-order valence-corrected chi connectivity index (χ0v) is 20.7. The first-order valence-corrected chi connectivity index (χ1v) is 12.5. The number of amides is 2. The molecule has 2 rings (SSSR count). The lowest BCUT2D eigenvalue weighted by Gasteiger charge is -2.32. The third-order valence-corrected chi connectivity index (χ3v) is 6.82. The molecular weight excluding hydrogens is 447 g/mol. The first kappa shape index (κ1) is 26.2. The van der Waals surface area contributed by atoms with E-state index in [-0.39, 0.29) is 35.2 Å². The number of thioether (sulfide) groups is 1. The second kappa shape index (κ2) is 12.9. The van der Waals surface area contributed by atoms with E-state index < -0.39 is 6.04 Å². The fourth-order valence-corrected chi connectivity index (χ4v) is 4.57. The molecule has 0 radical (unpaired) electrons. The SMILES string of the molecule is CC[C@H](C)NC(=O)[C@H](CC)N(Cc1ccccc1C)C(=O)CSCc1c(F)cccc1Cl. The topological polar surface area (TPSA) is 49.4 Å². The summed E-state index contributed by atoms with van der Waals surface area (Å²) in [5.41, 5.74) is 2.45. The molecule has 1 N–H and O–H groups in total. The van der Waals surface area contributed by atoms with Gasteiger partial charge in [0, 0.05) is 28.9 Å². The van der Waals surface area contributed by atoms with Crippen LogP contribution < -0.4 is 5.32 Å². The second-order valence-electron chi connectivity index (χ2n) is 7.88. The molecule has 7 heteroatoms. The summed E-state index contributed by atoms with van der Waals surface area (Å²) >= 11 is 7.40. The van der Waals surface area contributed by atoms with Crippen molar-refractivity contribution in [2.75, 3.05) is 5.75 Å². The van der Waals surface area contributed by atoms with Gasteiger partial charge in [-0.25, -0.2) is 4.39 Å². The lowest BCUT2D eigenvalue weighted by molar-refractivity contribution is -0.139. The summed E-state index contributed by atoms with van der Waals surface area (Å²) in [4.78, 5) is 27.9. The molecule has 0 heterocycles. The van der Waals surface area contributed by atoms with Crippen molar-refractivity contribution in [3.05, 3.63) is 70.0 Å². The fraction of sp³-hybridized carbons (Fsp3) is 0.440. The summed E-state index contributed by atoms with van der Waals surface area (Å²) in [5.74, 6) is -0.272. The van der Waals surface area contributed by atoms with Crippen LogP contribution >= 0.6 is 23.4 Å². The third kappa shape index (κ3) is 7.24. The molecule has 4 nitrogen and oxygen atoms in total. The molecule has 0 bridgehead atoms. The van der Waals surface area contributed by atoms with E-state index in [4.69, 9.17) is 11.6 Å². The molecule has 0 saturated heterocycles. The molecule has 0 spiro atoms. The molecular formula is C25H32ClFN2O2S. The smallest absolute Gasteiger partial charge is 0.243 e. The number of nitrogens with zero attached hydrogens (tertiary/aromatic N) is 1. The molecule has 0 aromatic heterocycles. The Kier molecular flexibility index (Phi) is 10.5. The Morgan fingerprint density at radius 3 is 2.47 bits per heavy atom. The van der Waals surface area contributed by atoms with E-state index in [0.717, 1.165) is 17.5 Å². The van der Waals surface area contributed by atoms with E-state index in [9.17, 15) is 14.0 Å². The summed E-state index contributed by atoms with van der Waals surface area (Å²) in [5, 5.41) is 3.35. The summed E-state index contributed by atoms with van der Waals surface area (Å²) in [6.07, 6.45) is 1.32. The zero-order valence-electron chi connectivity index (χ0n) is 19.2.